The second-order valence-electron chi connectivity index (χ2n) is 5.30. The third-order valence-corrected chi connectivity index (χ3v) is 3.23. The topological polar surface area (TPSA) is 81.7 Å². The van der Waals surface area contributed by atoms with Crippen molar-refractivity contribution >= 4 is 23.4 Å². The van der Waals surface area contributed by atoms with Gasteiger partial charge in [0.2, 0.25) is 0 Å². The number of nitrogens with zero attached hydrogens (tertiary/aromatic N) is 1. The van der Waals surface area contributed by atoms with E-state index >= 15 is 0 Å². The van der Waals surface area contributed by atoms with Crippen LogP contribution < -0.4 is 15.5 Å². The lowest BCUT2D eigenvalue weighted by atomic mass is 10.1. The van der Waals surface area contributed by atoms with Gasteiger partial charge in [-0.3, -0.25) is 4.79 Å². The Morgan fingerprint density at radius 2 is 2.00 bits per heavy atom. The molecule has 6 heteroatoms. The van der Waals surface area contributed by atoms with Crippen molar-refractivity contribution in [3.63, 3.8) is 0 Å². The summed E-state index contributed by atoms with van der Waals surface area (Å²) in [4.78, 5) is 24.4. The Hall–Kier alpha value is -2.24. The Balaban J connectivity index is 2.52. The Morgan fingerprint density at radius 3 is 2.57 bits per heavy atom. The van der Waals surface area contributed by atoms with E-state index in [2.05, 4.69) is 10.6 Å². The molecular formula is C15H23N3O3. The first-order valence-corrected chi connectivity index (χ1v) is 6.87. The van der Waals surface area contributed by atoms with Crippen molar-refractivity contribution in [1.29, 1.82) is 0 Å². The zero-order valence-electron chi connectivity index (χ0n) is 12.9. The van der Waals surface area contributed by atoms with Crippen LogP contribution >= 0.6 is 0 Å². The molecule has 1 unspecified atom stereocenters. The van der Waals surface area contributed by atoms with Gasteiger partial charge in [0.1, 0.15) is 0 Å². The average molecular weight is 293 g/mol. The van der Waals surface area contributed by atoms with Crippen molar-refractivity contribution in [2.24, 2.45) is 5.92 Å². The lowest BCUT2D eigenvalue weighted by Gasteiger charge is -2.17. The number of hydrogen-bond donors (Lipinski definition) is 3. The zero-order valence-corrected chi connectivity index (χ0v) is 12.9. The number of anilines is 2. The van der Waals surface area contributed by atoms with Crippen LogP contribution in [0, 0.1) is 12.8 Å². The van der Waals surface area contributed by atoms with Gasteiger partial charge >= 0.3 is 12.0 Å². The maximum atomic E-state index is 11.7. The van der Waals surface area contributed by atoms with Crippen LogP contribution in [0.5, 0.6) is 0 Å². The summed E-state index contributed by atoms with van der Waals surface area (Å²) in [5.74, 6) is -1.32. The van der Waals surface area contributed by atoms with Crippen LogP contribution in [0.4, 0.5) is 16.2 Å². The molecule has 0 radical (unpaired) electrons. The predicted molar refractivity (Wildman–Crippen MR) is 83.9 cm³/mol. The second-order valence-corrected chi connectivity index (χ2v) is 5.30. The summed E-state index contributed by atoms with van der Waals surface area (Å²) in [7, 11) is 3.89. The molecule has 116 valence electrons. The molecule has 3 N–H and O–H groups in total. The average Bonchev–Trinajstić information content (AvgIpc) is 2.40. The highest BCUT2D eigenvalue weighted by molar-refractivity contribution is 5.90. The molecule has 0 aliphatic carbocycles. The van der Waals surface area contributed by atoms with Crippen LogP contribution in [0.15, 0.2) is 18.2 Å². The van der Waals surface area contributed by atoms with Crippen molar-refractivity contribution in [3.05, 3.63) is 23.8 Å². The van der Waals surface area contributed by atoms with Gasteiger partial charge in [0, 0.05) is 32.0 Å². The van der Waals surface area contributed by atoms with Crippen LogP contribution in [0.1, 0.15) is 18.9 Å². The highest BCUT2D eigenvalue weighted by atomic mass is 16.4. The lowest BCUT2D eigenvalue weighted by Crippen LogP contribution is -2.31. The number of benzene rings is 1. The molecule has 0 saturated heterocycles. The molecule has 0 aliphatic heterocycles. The van der Waals surface area contributed by atoms with Crippen molar-refractivity contribution < 1.29 is 14.7 Å². The number of hydrogen-bond acceptors (Lipinski definition) is 3. The molecule has 0 aromatic heterocycles. The van der Waals surface area contributed by atoms with E-state index in [4.69, 9.17) is 5.11 Å². The first kappa shape index (κ1) is 16.8. The highest BCUT2D eigenvalue weighted by Gasteiger charge is 2.11. The molecule has 2 amide bonds. The minimum Gasteiger partial charge on any atom is -0.481 e. The number of aryl methyl sites for hydroxylation is 1. The Labute approximate surface area is 125 Å². The number of carbonyl (C=O) groups excluding carboxylic acids is 1. The number of carboxylic acids is 1. The molecular weight excluding hydrogens is 270 g/mol. The fourth-order valence-electron chi connectivity index (χ4n) is 1.87. The molecule has 1 aromatic carbocycles. The molecule has 6 nitrogen and oxygen atoms in total. The molecule has 0 heterocycles. The minimum absolute atomic E-state index is 0.325. The first-order chi connectivity index (χ1) is 9.81. The Kier molecular flexibility index (Phi) is 6.02. The minimum atomic E-state index is -0.855. The summed E-state index contributed by atoms with van der Waals surface area (Å²) in [5.41, 5.74) is 2.86. The van der Waals surface area contributed by atoms with E-state index in [9.17, 15) is 9.59 Å². The summed E-state index contributed by atoms with van der Waals surface area (Å²) in [5, 5.41) is 14.2. The quantitative estimate of drug-likeness (QED) is 0.751. The number of carbonyl (C=O) groups is 2. The number of urea groups is 1. The Morgan fingerprint density at radius 1 is 1.33 bits per heavy atom. The summed E-state index contributed by atoms with van der Waals surface area (Å²) in [6.45, 7) is 3.95. The van der Waals surface area contributed by atoms with Crippen LogP contribution in [0.2, 0.25) is 0 Å². The second kappa shape index (κ2) is 7.52. The third-order valence-electron chi connectivity index (χ3n) is 3.23. The fraction of sp³-hybridized carbons (Fsp3) is 0.467. The molecule has 0 aliphatic rings. The van der Waals surface area contributed by atoms with Gasteiger partial charge in [-0.05, 0) is 31.0 Å². The van der Waals surface area contributed by atoms with Gasteiger partial charge in [0.05, 0.1) is 5.92 Å². The summed E-state index contributed by atoms with van der Waals surface area (Å²) in [6, 6.07) is 5.34. The third kappa shape index (κ3) is 5.33. The van der Waals surface area contributed by atoms with Gasteiger partial charge in [0.15, 0.2) is 0 Å². The highest BCUT2D eigenvalue weighted by Crippen LogP contribution is 2.22. The van der Waals surface area contributed by atoms with Gasteiger partial charge < -0.3 is 20.6 Å². The van der Waals surface area contributed by atoms with E-state index in [1.807, 2.05) is 44.1 Å². The van der Waals surface area contributed by atoms with Crippen LogP contribution in [0.25, 0.3) is 0 Å². The van der Waals surface area contributed by atoms with Crippen LogP contribution in [-0.2, 0) is 4.79 Å². The number of nitrogens with one attached hydrogen (secondary N) is 2. The standard InChI is InChI=1S/C15H23N3O3/c1-10-5-6-12(9-13(10)18(3)4)17-15(21)16-8-7-11(2)14(19)20/h5-6,9,11H,7-8H2,1-4H3,(H,19,20)(H2,16,17,21). The van der Waals surface area contributed by atoms with E-state index in [1.165, 1.54) is 0 Å². The summed E-state index contributed by atoms with van der Waals surface area (Å²) in [6.07, 6.45) is 0.402. The van der Waals surface area contributed by atoms with Crippen molar-refractivity contribution in [2.45, 2.75) is 20.3 Å². The van der Waals surface area contributed by atoms with E-state index in [-0.39, 0.29) is 6.03 Å². The molecule has 0 fully saturated rings. The molecule has 0 bridgehead atoms. The van der Waals surface area contributed by atoms with Crippen molar-refractivity contribution in [1.82, 2.24) is 5.32 Å². The zero-order chi connectivity index (χ0) is 16.0. The van der Waals surface area contributed by atoms with E-state index in [1.54, 1.807) is 6.92 Å². The molecule has 1 rings (SSSR count). The summed E-state index contributed by atoms with van der Waals surface area (Å²) < 4.78 is 0. The number of carboxylic acid groups (broad SMARTS) is 1. The number of rotatable bonds is 6. The molecule has 0 saturated carbocycles. The van der Waals surface area contributed by atoms with Crippen LogP contribution in [-0.4, -0.2) is 37.7 Å². The van der Waals surface area contributed by atoms with Crippen LogP contribution in [0.3, 0.4) is 0 Å². The van der Waals surface area contributed by atoms with E-state index < -0.39 is 11.9 Å². The Bertz CT molecular complexity index is 515. The molecule has 21 heavy (non-hydrogen) atoms. The fourth-order valence-corrected chi connectivity index (χ4v) is 1.87. The van der Waals surface area contributed by atoms with Crippen molar-refractivity contribution in [2.75, 3.05) is 30.9 Å². The molecule has 1 atom stereocenters. The number of amides is 2. The molecule has 1 aromatic rings. The largest absolute Gasteiger partial charge is 0.481 e. The van der Waals surface area contributed by atoms with Gasteiger partial charge in [0.25, 0.3) is 0 Å². The SMILES string of the molecule is Cc1ccc(NC(=O)NCCC(C)C(=O)O)cc1N(C)C. The molecule has 0 spiro atoms. The predicted octanol–water partition coefficient (Wildman–Crippen LogP) is 2.29. The monoisotopic (exact) mass is 293 g/mol. The number of aliphatic carboxylic acids is 1. The van der Waals surface area contributed by atoms with E-state index in [0.29, 0.717) is 18.7 Å². The normalized spacial score (nSPS) is 11.6. The van der Waals surface area contributed by atoms with Crippen molar-refractivity contribution in [3.8, 4) is 0 Å². The summed E-state index contributed by atoms with van der Waals surface area (Å²) >= 11 is 0. The van der Waals surface area contributed by atoms with Gasteiger partial charge in [-0.1, -0.05) is 13.0 Å². The smallest absolute Gasteiger partial charge is 0.319 e. The van der Waals surface area contributed by atoms with E-state index in [0.717, 1.165) is 11.3 Å². The maximum Gasteiger partial charge on any atom is 0.319 e. The van der Waals surface area contributed by atoms with Gasteiger partial charge in [-0.2, -0.15) is 0 Å². The van der Waals surface area contributed by atoms with Gasteiger partial charge in [-0.15, -0.1) is 0 Å². The van der Waals surface area contributed by atoms with Gasteiger partial charge in [-0.25, -0.2) is 4.79 Å². The first-order valence-electron chi connectivity index (χ1n) is 6.87. The maximum absolute atomic E-state index is 11.7. The lowest BCUT2D eigenvalue weighted by molar-refractivity contribution is -0.141.